The number of azide groups is 1. The first kappa shape index (κ1) is 25.1. The van der Waals surface area contributed by atoms with E-state index in [0.29, 0.717) is 51.6 Å². The van der Waals surface area contributed by atoms with Crippen molar-refractivity contribution in [2.45, 2.75) is 57.5 Å². The number of hydrogen-bond donors (Lipinski definition) is 5. The van der Waals surface area contributed by atoms with E-state index < -0.39 is 29.8 Å². The highest BCUT2D eigenvalue weighted by Crippen LogP contribution is 2.03. The molecule has 0 fully saturated rings. The van der Waals surface area contributed by atoms with Gasteiger partial charge in [0.1, 0.15) is 12.1 Å². The zero-order chi connectivity index (χ0) is 21.4. The Morgan fingerprint density at radius 1 is 1.04 bits per heavy atom. The average molecular weight is 398 g/mol. The molecule has 7 N–H and O–H groups in total. The van der Waals surface area contributed by atoms with Crippen LogP contribution in [-0.4, -0.2) is 55.3 Å². The molecule has 0 aliphatic rings. The minimum atomic E-state index is -0.831. The molecule has 0 rings (SSSR count). The minimum Gasteiger partial charge on any atom is -0.368 e. The molecule has 0 bridgehead atoms. The number of carbonyl (C=O) groups excluding carboxylic acids is 4. The molecule has 12 nitrogen and oxygen atoms in total. The summed E-state index contributed by atoms with van der Waals surface area (Å²) in [6.45, 7) is 1.70. The Bertz CT molecular complexity index is 577. The monoisotopic (exact) mass is 398 g/mol. The number of primary amides is 1. The molecule has 0 saturated heterocycles. The summed E-state index contributed by atoms with van der Waals surface area (Å²) in [7, 11) is 0. The summed E-state index contributed by atoms with van der Waals surface area (Å²) >= 11 is 0. The Labute approximate surface area is 163 Å². The van der Waals surface area contributed by atoms with Crippen LogP contribution in [-0.2, 0) is 19.2 Å². The summed E-state index contributed by atoms with van der Waals surface area (Å²) in [5.74, 6) is -2.12. The maximum absolute atomic E-state index is 12.2. The van der Waals surface area contributed by atoms with E-state index in [4.69, 9.17) is 17.0 Å². The van der Waals surface area contributed by atoms with Gasteiger partial charge >= 0.3 is 0 Å². The summed E-state index contributed by atoms with van der Waals surface area (Å²) < 4.78 is 0. The second-order valence-electron chi connectivity index (χ2n) is 6.23. The van der Waals surface area contributed by atoms with Crippen molar-refractivity contribution >= 4 is 23.6 Å². The minimum absolute atomic E-state index is 0.298. The quantitative estimate of drug-likeness (QED) is 0.103. The van der Waals surface area contributed by atoms with Crippen LogP contribution in [0.3, 0.4) is 0 Å². The van der Waals surface area contributed by atoms with Gasteiger partial charge < -0.3 is 27.4 Å². The van der Waals surface area contributed by atoms with Crippen LogP contribution < -0.4 is 27.4 Å². The number of hydrogen-bond acceptors (Lipinski definition) is 6. The largest absolute Gasteiger partial charge is 0.368 e. The van der Waals surface area contributed by atoms with Crippen molar-refractivity contribution in [2.75, 3.05) is 19.6 Å². The molecule has 0 spiro atoms. The van der Waals surface area contributed by atoms with Gasteiger partial charge in [0.2, 0.25) is 23.6 Å². The first-order valence-corrected chi connectivity index (χ1v) is 9.16. The van der Waals surface area contributed by atoms with E-state index in [1.54, 1.807) is 0 Å². The molecule has 0 unspecified atom stereocenters. The van der Waals surface area contributed by atoms with Gasteiger partial charge in [0, 0.05) is 18.4 Å². The highest BCUT2D eigenvalue weighted by atomic mass is 16.2. The van der Waals surface area contributed by atoms with Crippen molar-refractivity contribution < 1.29 is 19.2 Å². The number of unbranched alkanes of at least 4 members (excludes halogenated alkanes) is 2. The van der Waals surface area contributed by atoms with Gasteiger partial charge in [0.05, 0.1) is 6.54 Å². The lowest BCUT2D eigenvalue weighted by molar-refractivity contribution is -0.131. The fourth-order valence-corrected chi connectivity index (χ4v) is 2.40. The Morgan fingerprint density at radius 3 is 2.25 bits per heavy atom. The van der Waals surface area contributed by atoms with Crippen LogP contribution in [0.15, 0.2) is 5.11 Å². The normalized spacial score (nSPS) is 12.2. The van der Waals surface area contributed by atoms with Crippen molar-refractivity contribution in [3.05, 3.63) is 10.4 Å². The maximum atomic E-state index is 12.2. The lowest BCUT2D eigenvalue weighted by atomic mass is 10.1. The second kappa shape index (κ2) is 15.2. The average Bonchev–Trinajstić information content (AvgIpc) is 2.63. The van der Waals surface area contributed by atoms with Gasteiger partial charge in [0.15, 0.2) is 0 Å². The molecule has 0 aromatic rings. The van der Waals surface area contributed by atoms with Gasteiger partial charge in [-0.2, -0.15) is 0 Å². The molecule has 158 valence electrons. The SMILES string of the molecule is CC(=O)N[C@@H](CCCCN=[N+]=[N-])C(=O)NCC(=O)N[C@@H](CCCCN)C(N)=O. The summed E-state index contributed by atoms with van der Waals surface area (Å²) in [4.78, 5) is 49.5. The fraction of sp³-hybridized carbons (Fsp3) is 0.750. The smallest absolute Gasteiger partial charge is 0.243 e. The van der Waals surface area contributed by atoms with E-state index in [1.165, 1.54) is 6.92 Å². The number of amides is 4. The van der Waals surface area contributed by atoms with Gasteiger partial charge in [-0.15, -0.1) is 0 Å². The summed E-state index contributed by atoms with van der Waals surface area (Å²) in [6.07, 6.45) is 3.15. The first-order chi connectivity index (χ1) is 13.3. The van der Waals surface area contributed by atoms with Crippen molar-refractivity contribution in [1.82, 2.24) is 16.0 Å². The highest BCUT2D eigenvalue weighted by Gasteiger charge is 2.21. The number of carbonyl (C=O) groups is 4. The Morgan fingerprint density at radius 2 is 1.68 bits per heavy atom. The lowest BCUT2D eigenvalue weighted by Crippen LogP contribution is -2.51. The molecule has 2 atom stereocenters. The molecular weight excluding hydrogens is 368 g/mol. The van der Waals surface area contributed by atoms with Gasteiger partial charge in [-0.3, -0.25) is 19.2 Å². The molecule has 12 heteroatoms. The lowest BCUT2D eigenvalue weighted by Gasteiger charge is -2.19. The van der Waals surface area contributed by atoms with E-state index >= 15 is 0 Å². The third-order valence-corrected chi connectivity index (χ3v) is 3.81. The Kier molecular flexibility index (Phi) is 13.7. The van der Waals surface area contributed by atoms with E-state index in [2.05, 4.69) is 26.0 Å². The molecule has 0 aliphatic carbocycles. The summed E-state index contributed by atoms with van der Waals surface area (Å²) in [5.41, 5.74) is 18.9. The number of nitrogens with one attached hydrogen (secondary N) is 3. The van der Waals surface area contributed by atoms with Crippen LogP contribution in [0, 0.1) is 0 Å². The topological polar surface area (TPSA) is 205 Å². The highest BCUT2D eigenvalue weighted by molar-refractivity contribution is 5.91. The van der Waals surface area contributed by atoms with E-state index in [9.17, 15) is 19.2 Å². The van der Waals surface area contributed by atoms with Crippen LogP contribution in [0.5, 0.6) is 0 Å². The zero-order valence-electron chi connectivity index (χ0n) is 16.1. The predicted molar refractivity (Wildman–Crippen MR) is 103 cm³/mol. The van der Waals surface area contributed by atoms with Crippen LogP contribution in [0.2, 0.25) is 0 Å². The number of nitrogens with two attached hydrogens (primary N) is 2. The van der Waals surface area contributed by atoms with Crippen LogP contribution >= 0.6 is 0 Å². The Balaban J connectivity index is 4.50. The fourth-order valence-electron chi connectivity index (χ4n) is 2.40. The van der Waals surface area contributed by atoms with Crippen LogP contribution in [0.4, 0.5) is 0 Å². The second-order valence-corrected chi connectivity index (χ2v) is 6.23. The third kappa shape index (κ3) is 12.5. The van der Waals surface area contributed by atoms with Crippen LogP contribution in [0.1, 0.15) is 45.4 Å². The van der Waals surface area contributed by atoms with Crippen LogP contribution in [0.25, 0.3) is 10.4 Å². The molecule has 0 radical (unpaired) electrons. The summed E-state index contributed by atoms with van der Waals surface area (Å²) in [5, 5.41) is 10.8. The van der Waals surface area contributed by atoms with Gasteiger partial charge in [-0.25, -0.2) is 0 Å². The van der Waals surface area contributed by atoms with Gasteiger partial charge in [0.25, 0.3) is 0 Å². The number of rotatable bonds is 15. The molecule has 0 aromatic heterocycles. The van der Waals surface area contributed by atoms with Crippen molar-refractivity contribution in [3.63, 3.8) is 0 Å². The van der Waals surface area contributed by atoms with E-state index in [0.717, 1.165) is 0 Å². The molecule has 0 aromatic carbocycles. The van der Waals surface area contributed by atoms with E-state index in [1.807, 2.05) is 0 Å². The van der Waals surface area contributed by atoms with Crippen molar-refractivity contribution in [2.24, 2.45) is 16.6 Å². The molecule has 0 saturated carbocycles. The molecule has 28 heavy (non-hydrogen) atoms. The molecular formula is C16H30N8O4. The van der Waals surface area contributed by atoms with Crippen molar-refractivity contribution in [3.8, 4) is 0 Å². The van der Waals surface area contributed by atoms with Crippen molar-refractivity contribution in [1.29, 1.82) is 0 Å². The maximum Gasteiger partial charge on any atom is 0.243 e. The van der Waals surface area contributed by atoms with E-state index in [-0.39, 0.29) is 12.5 Å². The van der Waals surface area contributed by atoms with Gasteiger partial charge in [-0.1, -0.05) is 11.5 Å². The summed E-state index contributed by atoms with van der Waals surface area (Å²) in [6, 6.07) is -1.64. The molecule has 4 amide bonds. The number of nitrogens with zero attached hydrogens (tertiary/aromatic N) is 3. The Hall–Kier alpha value is -2.85. The zero-order valence-corrected chi connectivity index (χ0v) is 16.1. The standard InChI is InChI=1S/C16H30N8O4/c1-11(25)22-13(7-3-5-9-21-24-19)16(28)20-10-14(26)23-12(15(18)27)6-2-4-8-17/h12-13H,2-10,17H2,1H3,(H2,18,27)(H,20,28)(H,22,25)(H,23,26)/t12-,13-/m0/s1. The first-order valence-electron chi connectivity index (χ1n) is 9.16. The predicted octanol–water partition coefficient (Wildman–Crippen LogP) is -0.813. The molecule has 0 aliphatic heterocycles. The van der Waals surface area contributed by atoms with Gasteiger partial charge in [-0.05, 0) is 44.2 Å². The third-order valence-electron chi connectivity index (χ3n) is 3.81. The molecule has 0 heterocycles.